The average molecular weight is 383 g/mol. The zero-order chi connectivity index (χ0) is 19.9. The number of hydrogen-bond acceptors (Lipinski definition) is 3. The topological polar surface area (TPSA) is 61.4 Å². The monoisotopic (exact) mass is 383 g/mol. The van der Waals surface area contributed by atoms with E-state index in [4.69, 9.17) is 0 Å². The predicted molar refractivity (Wildman–Crippen MR) is 108 cm³/mol. The molecule has 1 saturated carbocycles. The van der Waals surface area contributed by atoms with Gasteiger partial charge >= 0.3 is 0 Å². The zero-order valence-electron chi connectivity index (χ0n) is 16.1. The van der Waals surface area contributed by atoms with Crippen LogP contribution < -0.4 is 10.6 Å². The molecule has 0 radical (unpaired) electrons. The Balaban J connectivity index is 1.58. The lowest BCUT2D eigenvalue weighted by Crippen LogP contribution is -2.34. The van der Waals surface area contributed by atoms with E-state index in [-0.39, 0.29) is 30.2 Å². The van der Waals surface area contributed by atoms with Crippen LogP contribution in [0.3, 0.4) is 0 Å². The second-order valence-electron chi connectivity index (χ2n) is 7.35. The third kappa shape index (κ3) is 5.63. The number of halogens is 1. The highest BCUT2D eigenvalue weighted by molar-refractivity contribution is 6.04. The molecule has 2 aromatic carbocycles. The van der Waals surface area contributed by atoms with Crippen molar-refractivity contribution in [3.8, 4) is 0 Å². The number of rotatable bonds is 7. The van der Waals surface area contributed by atoms with Crippen molar-refractivity contribution in [3.05, 3.63) is 65.5 Å². The molecular formula is C22H26FN3O2. The SMILES string of the molecule is CN(CC(=O)Nc1ccccc1C(=O)NC1CCCC1)Cc1cccc(F)c1. The molecule has 28 heavy (non-hydrogen) atoms. The molecule has 148 valence electrons. The molecular weight excluding hydrogens is 357 g/mol. The fourth-order valence-electron chi connectivity index (χ4n) is 3.56. The van der Waals surface area contributed by atoms with Crippen LogP contribution in [0.15, 0.2) is 48.5 Å². The third-order valence-electron chi connectivity index (χ3n) is 4.89. The molecule has 0 aromatic heterocycles. The Morgan fingerprint density at radius 2 is 1.86 bits per heavy atom. The lowest BCUT2D eigenvalue weighted by molar-refractivity contribution is -0.117. The van der Waals surface area contributed by atoms with Gasteiger partial charge in [0.1, 0.15) is 5.82 Å². The maximum atomic E-state index is 13.3. The van der Waals surface area contributed by atoms with Gasteiger partial charge in [-0.2, -0.15) is 0 Å². The molecule has 2 amide bonds. The molecule has 6 heteroatoms. The molecule has 0 saturated heterocycles. The summed E-state index contributed by atoms with van der Waals surface area (Å²) in [5.74, 6) is -0.673. The number of anilines is 1. The summed E-state index contributed by atoms with van der Waals surface area (Å²) in [6.07, 6.45) is 4.29. The van der Waals surface area contributed by atoms with Crippen LogP contribution in [0.5, 0.6) is 0 Å². The van der Waals surface area contributed by atoms with E-state index in [0.29, 0.717) is 17.8 Å². The van der Waals surface area contributed by atoms with Crippen LogP contribution in [0, 0.1) is 5.82 Å². The second kappa shape index (κ2) is 9.46. The van der Waals surface area contributed by atoms with E-state index in [9.17, 15) is 14.0 Å². The van der Waals surface area contributed by atoms with Gasteiger partial charge in [0.15, 0.2) is 0 Å². The minimum Gasteiger partial charge on any atom is -0.349 e. The summed E-state index contributed by atoms with van der Waals surface area (Å²) in [4.78, 5) is 26.8. The summed E-state index contributed by atoms with van der Waals surface area (Å²) in [5.41, 5.74) is 1.77. The molecule has 0 bridgehead atoms. The van der Waals surface area contributed by atoms with E-state index in [0.717, 1.165) is 31.2 Å². The van der Waals surface area contributed by atoms with Crippen molar-refractivity contribution < 1.29 is 14.0 Å². The van der Waals surface area contributed by atoms with Gasteiger partial charge in [-0.05, 0) is 49.7 Å². The van der Waals surface area contributed by atoms with E-state index < -0.39 is 0 Å². The summed E-state index contributed by atoms with van der Waals surface area (Å²) < 4.78 is 13.3. The van der Waals surface area contributed by atoms with Gasteiger partial charge < -0.3 is 10.6 Å². The molecule has 5 nitrogen and oxygen atoms in total. The first-order chi connectivity index (χ1) is 13.5. The van der Waals surface area contributed by atoms with Crippen molar-refractivity contribution in [2.75, 3.05) is 18.9 Å². The maximum Gasteiger partial charge on any atom is 0.253 e. The summed E-state index contributed by atoms with van der Waals surface area (Å²) in [7, 11) is 1.79. The highest BCUT2D eigenvalue weighted by Gasteiger charge is 2.20. The Labute approximate surface area is 164 Å². The van der Waals surface area contributed by atoms with Crippen LogP contribution in [0.4, 0.5) is 10.1 Å². The lowest BCUT2D eigenvalue weighted by atomic mass is 10.1. The fourth-order valence-corrected chi connectivity index (χ4v) is 3.56. The van der Waals surface area contributed by atoms with Crippen LogP contribution in [-0.4, -0.2) is 36.3 Å². The van der Waals surface area contributed by atoms with Crippen molar-refractivity contribution >= 4 is 17.5 Å². The number of amides is 2. The quantitative estimate of drug-likeness (QED) is 0.768. The first-order valence-corrected chi connectivity index (χ1v) is 9.64. The first-order valence-electron chi connectivity index (χ1n) is 9.64. The minimum atomic E-state index is -0.294. The Bertz CT molecular complexity index is 834. The number of para-hydroxylation sites is 1. The van der Waals surface area contributed by atoms with Gasteiger partial charge in [-0.15, -0.1) is 0 Å². The molecule has 0 atom stereocenters. The molecule has 0 heterocycles. The fraction of sp³-hybridized carbons (Fsp3) is 0.364. The predicted octanol–water partition coefficient (Wildman–Crippen LogP) is 3.57. The van der Waals surface area contributed by atoms with E-state index in [2.05, 4.69) is 10.6 Å². The maximum absolute atomic E-state index is 13.3. The highest BCUT2D eigenvalue weighted by Crippen LogP contribution is 2.20. The molecule has 0 spiro atoms. The number of benzene rings is 2. The zero-order valence-corrected chi connectivity index (χ0v) is 16.1. The molecule has 2 aromatic rings. The second-order valence-corrected chi connectivity index (χ2v) is 7.35. The van der Waals surface area contributed by atoms with Crippen LogP contribution in [-0.2, 0) is 11.3 Å². The van der Waals surface area contributed by atoms with E-state index >= 15 is 0 Å². The van der Waals surface area contributed by atoms with Crippen molar-refractivity contribution in [3.63, 3.8) is 0 Å². The summed E-state index contributed by atoms with van der Waals surface area (Å²) in [6, 6.07) is 13.6. The van der Waals surface area contributed by atoms with Crippen LogP contribution in [0.2, 0.25) is 0 Å². The molecule has 3 rings (SSSR count). The van der Waals surface area contributed by atoms with E-state index in [1.54, 1.807) is 42.3 Å². The number of carbonyl (C=O) groups is 2. The molecule has 1 aliphatic carbocycles. The Hall–Kier alpha value is -2.73. The van der Waals surface area contributed by atoms with Gasteiger partial charge in [0.2, 0.25) is 5.91 Å². The summed E-state index contributed by atoms with van der Waals surface area (Å²) in [6.45, 7) is 0.587. The normalized spacial score (nSPS) is 14.2. The molecule has 2 N–H and O–H groups in total. The van der Waals surface area contributed by atoms with Crippen LogP contribution >= 0.6 is 0 Å². The van der Waals surface area contributed by atoms with E-state index in [1.807, 2.05) is 6.07 Å². The van der Waals surface area contributed by atoms with Crippen LogP contribution in [0.1, 0.15) is 41.6 Å². The van der Waals surface area contributed by atoms with Crippen molar-refractivity contribution in [1.82, 2.24) is 10.2 Å². The highest BCUT2D eigenvalue weighted by atomic mass is 19.1. The van der Waals surface area contributed by atoms with Gasteiger partial charge in [0.25, 0.3) is 5.91 Å². The average Bonchev–Trinajstić information content (AvgIpc) is 3.14. The summed E-state index contributed by atoms with van der Waals surface area (Å²) in [5, 5.41) is 5.88. The number of hydrogen-bond donors (Lipinski definition) is 2. The van der Waals surface area contributed by atoms with Gasteiger partial charge in [-0.25, -0.2) is 4.39 Å². The molecule has 1 fully saturated rings. The molecule has 0 aliphatic heterocycles. The lowest BCUT2D eigenvalue weighted by Gasteiger charge is -2.18. The number of nitrogens with zero attached hydrogens (tertiary/aromatic N) is 1. The largest absolute Gasteiger partial charge is 0.349 e. The van der Waals surface area contributed by atoms with E-state index in [1.165, 1.54) is 12.1 Å². The number of carbonyl (C=O) groups excluding carboxylic acids is 2. The Morgan fingerprint density at radius 1 is 1.11 bits per heavy atom. The van der Waals surface area contributed by atoms with Gasteiger partial charge in [-0.3, -0.25) is 14.5 Å². The standard InChI is InChI=1S/C22H26FN3O2/c1-26(14-16-7-6-8-17(23)13-16)15-21(27)25-20-12-5-4-11-19(20)22(28)24-18-9-2-3-10-18/h4-8,11-13,18H,2-3,9-10,14-15H2,1H3,(H,24,28)(H,25,27). The van der Waals surface area contributed by atoms with Gasteiger partial charge in [-0.1, -0.05) is 37.1 Å². The van der Waals surface area contributed by atoms with Gasteiger partial charge in [0, 0.05) is 12.6 Å². The first kappa shape index (κ1) is 20.0. The third-order valence-corrected chi connectivity index (χ3v) is 4.89. The number of likely N-dealkylation sites (N-methyl/N-ethyl adjacent to an activating group) is 1. The molecule has 1 aliphatic rings. The Morgan fingerprint density at radius 3 is 2.61 bits per heavy atom. The van der Waals surface area contributed by atoms with Crippen LogP contribution in [0.25, 0.3) is 0 Å². The van der Waals surface area contributed by atoms with Crippen molar-refractivity contribution in [2.45, 2.75) is 38.3 Å². The summed E-state index contributed by atoms with van der Waals surface area (Å²) >= 11 is 0. The van der Waals surface area contributed by atoms with Crippen molar-refractivity contribution in [1.29, 1.82) is 0 Å². The molecule has 0 unspecified atom stereocenters. The van der Waals surface area contributed by atoms with Gasteiger partial charge in [0.05, 0.1) is 17.8 Å². The van der Waals surface area contributed by atoms with Crippen molar-refractivity contribution in [2.24, 2.45) is 0 Å². The Kier molecular flexibility index (Phi) is 6.76. The minimum absolute atomic E-state index is 0.134. The smallest absolute Gasteiger partial charge is 0.253 e. The number of nitrogens with one attached hydrogen (secondary N) is 2.